The van der Waals surface area contributed by atoms with Gasteiger partial charge >= 0.3 is 0 Å². The highest BCUT2D eigenvalue weighted by Crippen LogP contribution is 2.28. The summed E-state index contributed by atoms with van der Waals surface area (Å²) in [5.41, 5.74) is 9.06. The molecular formula is C24H32N4O. The zero-order valence-corrected chi connectivity index (χ0v) is 17.1. The van der Waals surface area contributed by atoms with E-state index in [0.29, 0.717) is 0 Å². The SMILES string of the molecule is NC1(C(=O)Nc2ccc(CN3CCN(Cc4ccccc4)CC3)cc2)CCCC1. The summed E-state index contributed by atoms with van der Waals surface area (Å²) in [5.74, 6) is -0.0442. The molecule has 0 bridgehead atoms. The number of piperazine rings is 1. The third kappa shape index (κ3) is 5.24. The zero-order chi connectivity index (χ0) is 20.1. The molecule has 1 saturated heterocycles. The van der Waals surface area contributed by atoms with Gasteiger partial charge in [-0.2, -0.15) is 0 Å². The predicted octanol–water partition coefficient (Wildman–Crippen LogP) is 3.21. The monoisotopic (exact) mass is 392 g/mol. The first-order valence-corrected chi connectivity index (χ1v) is 10.8. The van der Waals surface area contributed by atoms with Crippen LogP contribution in [0.2, 0.25) is 0 Å². The number of nitrogens with two attached hydrogens (primary N) is 1. The molecule has 0 spiro atoms. The lowest BCUT2D eigenvalue weighted by Gasteiger charge is -2.34. The number of carbonyl (C=O) groups excluding carboxylic acids is 1. The summed E-state index contributed by atoms with van der Waals surface area (Å²) in [6.45, 7) is 6.35. The molecule has 0 aromatic heterocycles. The number of nitrogens with zero attached hydrogens (tertiary/aromatic N) is 2. The van der Waals surface area contributed by atoms with Crippen molar-refractivity contribution >= 4 is 11.6 Å². The molecule has 2 aliphatic rings. The summed E-state index contributed by atoms with van der Waals surface area (Å²) in [6, 6.07) is 18.9. The van der Waals surface area contributed by atoms with Gasteiger partial charge in [-0.1, -0.05) is 55.3 Å². The minimum Gasteiger partial charge on any atom is -0.324 e. The maximum absolute atomic E-state index is 12.5. The van der Waals surface area contributed by atoms with Crippen LogP contribution in [0.25, 0.3) is 0 Å². The normalized spacial score (nSPS) is 19.9. The number of anilines is 1. The van der Waals surface area contributed by atoms with E-state index in [2.05, 4.69) is 57.6 Å². The van der Waals surface area contributed by atoms with Gasteiger partial charge < -0.3 is 11.1 Å². The van der Waals surface area contributed by atoms with Crippen molar-refractivity contribution < 1.29 is 4.79 Å². The van der Waals surface area contributed by atoms with Crippen LogP contribution in [0.3, 0.4) is 0 Å². The number of hydrogen-bond donors (Lipinski definition) is 2. The molecule has 1 aliphatic carbocycles. The average Bonchev–Trinajstić information content (AvgIpc) is 3.20. The maximum atomic E-state index is 12.5. The molecule has 1 amide bonds. The van der Waals surface area contributed by atoms with E-state index in [4.69, 9.17) is 5.73 Å². The van der Waals surface area contributed by atoms with Crippen LogP contribution in [0.1, 0.15) is 36.8 Å². The number of hydrogen-bond acceptors (Lipinski definition) is 4. The molecule has 1 aliphatic heterocycles. The molecule has 2 aromatic rings. The topological polar surface area (TPSA) is 61.6 Å². The largest absolute Gasteiger partial charge is 0.324 e. The molecule has 2 fully saturated rings. The van der Waals surface area contributed by atoms with Crippen molar-refractivity contribution in [1.29, 1.82) is 0 Å². The fourth-order valence-corrected chi connectivity index (χ4v) is 4.39. The van der Waals surface area contributed by atoms with Crippen molar-refractivity contribution in [3.63, 3.8) is 0 Å². The Morgan fingerprint density at radius 3 is 1.90 bits per heavy atom. The van der Waals surface area contributed by atoms with Crippen LogP contribution in [-0.2, 0) is 17.9 Å². The molecule has 4 rings (SSSR count). The first-order chi connectivity index (χ1) is 14.1. The quantitative estimate of drug-likeness (QED) is 0.792. The Kier molecular flexibility index (Phi) is 6.28. The van der Waals surface area contributed by atoms with E-state index in [1.165, 1.54) is 11.1 Å². The van der Waals surface area contributed by atoms with Crippen molar-refractivity contribution in [3.05, 3.63) is 65.7 Å². The summed E-state index contributed by atoms with van der Waals surface area (Å²) >= 11 is 0. The molecule has 0 unspecified atom stereocenters. The minimum atomic E-state index is -0.682. The second-order valence-electron chi connectivity index (χ2n) is 8.55. The Hall–Kier alpha value is -2.21. The van der Waals surface area contributed by atoms with Crippen LogP contribution in [0.5, 0.6) is 0 Å². The van der Waals surface area contributed by atoms with Crippen molar-refractivity contribution in [2.75, 3.05) is 31.5 Å². The van der Waals surface area contributed by atoms with E-state index < -0.39 is 5.54 Å². The highest BCUT2D eigenvalue weighted by molar-refractivity contribution is 5.98. The Bertz CT molecular complexity index is 791. The molecule has 154 valence electrons. The lowest BCUT2D eigenvalue weighted by molar-refractivity contribution is -0.121. The molecule has 5 heteroatoms. The molecule has 3 N–H and O–H groups in total. The number of amides is 1. The van der Waals surface area contributed by atoms with E-state index in [0.717, 1.165) is 70.6 Å². The third-order valence-corrected chi connectivity index (χ3v) is 6.28. The third-order valence-electron chi connectivity index (χ3n) is 6.28. The fraction of sp³-hybridized carbons (Fsp3) is 0.458. The van der Waals surface area contributed by atoms with E-state index in [1.807, 2.05) is 12.1 Å². The fourth-order valence-electron chi connectivity index (χ4n) is 4.39. The van der Waals surface area contributed by atoms with Crippen molar-refractivity contribution in [1.82, 2.24) is 9.80 Å². The van der Waals surface area contributed by atoms with Gasteiger partial charge in [0.2, 0.25) is 5.91 Å². The summed E-state index contributed by atoms with van der Waals surface area (Å²) < 4.78 is 0. The van der Waals surface area contributed by atoms with Gasteiger partial charge in [0.25, 0.3) is 0 Å². The van der Waals surface area contributed by atoms with Gasteiger partial charge in [0.1, 0.15) is 0 Å². The Morgan fingerprint density at radius 1 is 0.828 bits per heavy atom. The number of carbonyl (C=O) groups is 1. The summed E-state index contributed by atoms with van der Waals surface area (Å²) in [4.78, 5) is 17.5. The highest BCUT2D eigenvalue weighted by atomic mass is 16.2. The second kappa shape index (κ2) is 9.08. The van der Waals surface area contributed by atoms with Crippen molar-refractivity contribution in [2.24, 2.45) is 5.73 Å². The van der Waals surface area contributed by atoms with Crippen LogP contribution in [-0.4, -0.2) is 47.4 Å². The summed E-state index contributed by atoms with van der Waals surface area (Å²) in [5, 5.41) is 3.00. The highest BCUT2D eigenvalue weighted by Gasteiger charge is 2.36. The molecule has 29 heavy (non-hydrogen) atoms. The predicted molar refractivity (Wildman–Crippen MR) is 117 cm³/mol. The van der Waals surface area contributed by atoms with Crippen molar-refractivity contribution in [3.8, 4) is 0 Å². The van der Waals surface area contributed by atoms with Crippen molar-refractivity contribution in [2.45, 2.75) is 44.3 Å². The lowest BCUT2D eigenvalue weighted by Crippen LogP contribution is -2.48. The number of rotatable bonds is 6. The van der Waals surface area contributed by atoms with E-state index in [-0.39, 0.29) is 5.91 Å². The van der Waals surface area contributed by atoms with Gasteiger partial charge in [-0.25, -0.2) is 0 Å². The van der Waals surface area contributed by atoms with Crippen LogP contribution >= 0.6 is 0 Å². The molecule has 1 saturated carbocycles. The Morgan fingerprint density at radius 2 is 1.34 bits per heavy atom. The first-order valence-electron chi connectivity index (χ1n) is 10.8. The molecule has 0 atom stereocenters. The van der Waals surface area contributed by atoms with Crippen LogP contribution in [0.4, 0.5) is 5.69 Å². The molecule has 1 heterocycles. The molecule has 0 radical (unpaired) electrons. The van der Waals surface area contributed by atoms with Gasteiger partial charge in [-0.3, -0.25) is 14.6 Å². The molecule has 2 aromatic carbocycles. The smallest absolute Gasteiger partial charge is 0.244 e. The van der Waals surface area contributed by atoms with Crippen LogP contribution < -0.4 is 11.1 Å². The average molecular weight is 393 g/mol. The second-order valence-corrected chi connectivity index (χ2v) is 8.55. The van der Waals surface area contributed by atoms with Gasteiger partial charge in [-0.05, 0) is 36.1 Å². The lowest BCUT2D eigenvalue weighted by atomic mass is 9.98. The van der Waals surface area contributed by atoms with Gasteiger partial charge in [0, 0.05) is 45.0 Å². The Labute approximate surface area is 173 Å². The summed E-state index contributed by atoms with van der Waals surface area (Å²) in [6.07, 6.45) is 3.66. The molecule has 5 nitrogen and oxygen atoms in total. The Balaban J connectivity index is 1.24. The van der Waals surface area contributed by atoms with E-state index in [1.54, 1.807) is 0 Å². The van der Waals surface area contributed by atoms with Gasteiger partial charge in [-0.15, -0.1) is 0 Å². The maximum Gasteiger partial charge on any atom is 0.244 e. The summed E-state index contributed by atoms with van der Waals surface area (Å²) in [7, 11) is 0. The number of benzene rings is 2. The minimum absolute atomic E-state index is 0.0442. The van der Waals surface area contributed by atoms with E-state index in [9.17, 15) is 4.79 Å². The zero-order valence-electron chi connectivity index (χ0n) is 17.1. The van der Waals surface area contributed by atoms with Crippen LogP contribution in [0.15, 0.2) is 54.6 Å². The van der Waals surface area contributed by atoms with Crippen LogP contribution in [0, 0.1) is 0 Å². The first kappa shape index (κ1) is 20.1. The van der Waals surface area contributed by atoms with Gasteiger partial charge in [0.05, 0.1) is 5.54 Å². The number of nitrogens with one attached hydrogen (secondary N) is 1. The standard InChI is InChI=1S/C24H32N4O/c25-24(12-4-5-13-24)23(29)26-22-10-8-21(9-11-22)19-28-16-14-27(15-17-28)18-20-6-2-1-3-7-20/h1-3,6-11H,4-5,12-19,25H2,(H,26,29). The van der Waals surface area contributed by atoms with E-state index >= 15 is 0 Å². The van der Waals surface area contributed by atoms with Gasteiger partial charge in [0.15, 0.2) is 0 Å². The molecular weight excluding hydrogens is 360 g/mol.